The molecule has 2 rings (SSSR count). The number of nitriles is 1. The van der Waals surface area contributed by atoms with Crippen LogP contribution in [0.2, 0.25) is 0 Å². The summed E-state index contributed by atoms with van der Waals surface area (Å²) in [7, 11) is 0. The Bertz CT molecular complexity index is 599. The molecule has 1 aromatic rings. The monoisotopic (exact) mass is 293 g/mol. The van der Waals surface area contributed by atoms with Crippen molar-refractivity contribution >= 4 is 23.2 Å². The van der Waals surface area contributed by atoms with E-state index in [9.17, 15) is 14.0 Å². The third kappa shape index (κ3) is 2.70. The molecule has 7 heteroatoms. The molecule has 20 heavy (non-hydrogen) atoms. The van der Waals surface area contributed by atoms with Gasteiger partial charge < -0.3 is 10.2 Å². The van der Waals surface area contributed by atoms with Crippen LogP contribution in [0.25, 0.3) is 0 Å². The fraction of sp³-hybridized carbons (Fsp3) is 0.308. The lowest BCUT2D eigenvalue weighted by molar-refractivity contribution is -0.153. The molecule has 1 saturated heterocycles. The lowest BCUT2D eigenvalue weighted by atomic mass is 9.95. The van der Waals surface area contributed by atoms with Crippen LogP contribution in [0.3, 0.4) is 0 Å². The molecule has 104 valence electrons. The number of alkyl halides is 1. The quantitative estimate of drug-likeness (QED) is 0.841. The molecule has 0 aliphatic carbocycles. The van der Waals surface area contributed by atoms with Crippen LogP contribution in [0.5, 0.6) is 0 Å². The van der Waals surface area contributed by atoms with Gasteiger partial charge in [-0.25, -0.2) is 4.39 Å². The molecular formula is C13H12FN3O2S. The molecule has 1 aromatic heterocycles. The first-order valence-corrected chi connectivity index (χ1v) is 6.72. The van der Waals surface area contributed by atoms with E-state index in [1.807, 2.05) is 6.07 Å². The van der Waals surface area contributed by atoms with E-state index in [2.05, 4.69) is 11.9 Å². The van der Waals surface area contributed by atoms with Gasteiger partial charge in [-0.05, 0) is 12.1 Å². The van der Waals surface area contributed by atoms with Crippen molar-refractivity contribution in [3.8, 4) is 6.07 Å². The highest BCUT2D eigenvalue weighted by Gasteiger charge is 2.51. The van der Waals surface area contributed by atoms with Gasteiger partial charge in [-0.3, -0.25) is 9.59 Å². The molecule has 0 atom stereocenters. The maximum absolute atomic E-state index is 14.1. The van der Waals surface area contributed by atoms with E-state index in [-0.39, 0.29) is 25.5 Å². The van der Waals surface area contributed by atoms with E-state index >= 15 is 0 Å². The Morgan fingerprint density at radius 1 is 1.65 bits per heavy atom. The van der Waals surface area contributed by atoms with Crippen LogP contribution in [0, 0.1) is 11.3 Å². The predicted octanol–water partition coefficient (Wildman–Crippen LogP) is 0.972. The minimum absolute atomic E-state index is 0.173. The highest BCUT2D eigenvalue weighted by Crippen LogP contribution is 2.26. The Morgan fingerprint density at radius 3 is 2.90 bits per heavy atom. The molecule has 0 aromatic carbocycles. The van der Waals surface area contributed by atoms with Gasteiger partial charge >= 0.3 is 0 Å². The van der Waals surface area contributed by atoms with Gasteiger partial charge in [0.1, 0.15) is 6.07 Å². The van der Waals surface area contributed by atoms with Crippen LogP contribution < -0.4 is 5.32 Å². The summed E-state index contributed by atoms with van der Waals surface area (Å²) in [6.45, 7) is 2.97. The number of nitrogens with one attached hydrogen (secondary N) is 1. The second-order valence-electron chi connectivity index (χ2n) is 4.46. The molecule has 0 unspecified atom stereocenters. The maximum atomic E-state index is 14.1. The molecule has 0 radical (unpaired) electrons. The molecule has 0 bridgehead atoms. The Kier molecular flexibility index (Phi) is 3.86. The number of carbonyl (C=O) groups excluding carboxylic acids is 2. The number of halogens is 1. The highest BCUT2D eigenvalue weighted by atomic mass is 32.1. The Hall–Kier alpha value is -2.20. The van der Waals surface area contributed by atoms with Crippen LogP contribution in [-0.4, -0.2) is 35.5 Å². The van der Waals surface area contributed by atoms with Crippen molar-refractivity contribution in [2.75, 3.05) is 13.1 Å². The van der Waals surface area contributed by atoms with Crippen molar-refractivity contribution < 1.29 is 14.0 Å². The molecule has 1 aliphatic heterocycles. The van der Waals surface area contributed by atoms with Gasteiger partial charge in [0, 0.05) is 10.3 Å². The second kappa shape index (κ2) is 5.43. The third-order valence-corrected chi connectivity index (χ3v) is 3.92. The van der Waals surface area contributed by atoms with E-state index in [0.29, 0.717) is 5.56 Å². The third-order valence-electron chi connectivity index (χ3n) is 2.98. The number of thiophene rings is 1. The number of nitrogens with zero attached hydrogens (tertiary/aromatic N) is 2. The number of hydrogen-bond donors (Lipinski definition) is 1. The molecule has 1 fully saturated rings. The summed E-state index contributed by atoms with van der Waals surface area (Å²) in [4.78, 5) is 24.9. The van der Waals surface area contributed by atoms with Crippen LogP contribution in [-0.2, 0) is 16.1 Å². The van der Waals surface area contributed by atoms with Gasteiger partial charge in [0.15, 0.2) is 0 Å². The normalized spacial score (nSPS) is 15.9. The van der Waals surface area contributed by atoms with Crippen molar-refractivity contribution in [3.05, 3.63) is 34.5 Å². The smallest absolute Gasteiger partial charge is 0.261 e. The van der Waals surface area contributed by atoms with Gasteiger partial charge in [-0.2, -0.15) is 5.26 Å². The largest absolute Gasteiger partial charge is 0.348 e. The molecule has 1 aliphatic rings. The number of rotatable bonds is 4. The number of hydrogen-bond acceptors (Lipinski definition) is 4. The van der Waals surface area contributed by atoms with Crippen molar-refractivity contribution in [1.82, 2.24) is 10.2 Å². The summed E-state index contributed by atoms with van der Waals surface area (Å²) in [5, 5.41) is 12.8. The molecular weight excluding hydrogens is 281 g/mol. The number of amides is 2. The minimum atomic E-state index is -2.03. The highest BCUT2D eigenvalue weighted by molar-refractivity contribution is 7.10. The van der Waals surface area contributed by atoms with Gasteiger partial charge in [-0.1, -0.05) is 6.58 Å². The zero-order chi connectivity index (χ0) is 14.8. The van der Waals surface area contributed by atoms with Crippen LogP contribution in [0.15, 0.2) is 24.1 Å². The lowest BCUT2D eigenvalue weighted by Gasteiger charge is -2.42. The van der Waals surface area contributed by atoms with Crippen molar-refractivity contribution in [3.63, 3.8) is 0 Å². The van der Waals surface area contributed by atoms with Crippen LogP contribution >= 0.6 is 11.3 Å². The number of likely N-dealkylation sites (tertiary alicyclic amines) is 1. The van der Waals surface area contributed by atoms with E-state index in [1.165, 1.54) is 16.2 Å². The zero-order valence-corrected chi connectivity index (χ0v) is 11.4. The van der Waals surface area contributed by atoms with E-state index in [1.54, 1.807) is 11.4 Å². The predicted molar refractivity (Wildman–Crippen MR) is 71.5 cm³/mol. The van der Waals surface area contributed by atoms with Gasteiger partial charge in [0.05, 0.1) is 25.2 Å². The summed E-state index contributed by atoms with van der Waals surface area (Å²) >= 11 is 1.32. The first-order chi connectivity index (χ1) is 9.48. The molecule has 0 spiro atoms. The first-order valence-electron chi connectivity index (χ1n) is 5.84. The summed E-state index contributed by atoms with van der Waals surface area (Å²) in [5.41, 5.74) is -1.52. The van der Waals surface area contributed by atoms with Crippen LogP contribution in [0.4, 0.5) is 4.39 Å². The summed E-state index contributed by atoms with van der Waals surface area (Å²) in [5.74, 6) is -1.12. The van der Waals surface area contributed by atoms with Crippen LogP contribution in [0.1, 0.15) is 10.4 Å². The standard InChI is InChI=1S/C13H12FN3O2S/c1-2-11(18)17-7-13(14,8-17)12(19)16-5-10-3-9(4-15)6-20-10/h2-3,6H,1,5,7-8H2,(H,16,19). The molecule has 1 N–H and O–H groups in total. The first kappa shape index (κ1) is 14.2. The zero-order valence-electron chi connectivity index (χ0n) is 10.6. The summed E-state index contributed by atoms with van der Waals surface area (Å²) in [6.07, 6.45) is 1.09. The number of carbonyl (C=O) groups is 2. The maximum Gasteiger partial charge on any atom is 0.261 e. The van der Waals surface area contributed by atoms with Gasteiger partial charge in [0.25, 0.3) is 5.91 Å². The molecule has 0 saturated carbocycles. The van der Waals surface area contributed by atoms with Crippen molar-refractivity contribution in [2.45, 2.75) is 12.2 Å². The van der Waals surface area contributed by atoms with Crippen molar-refractivity contribution in [1.29, 1.82) is 5.26 Å². The fourth-order valence-electron chi connectivity index (χ4n) is 1.85. The molecule has 5 nitrogen and oxygen atoms in total. The average molecular weight is 293 g/mol. The van der Waals surface area contributed by atoms with Crippen molar-refractivity contribution in [2.24, 2.45) is 0 Å². The van der Waals surface area contributed by atoms with Gasteiger partial charge in [0.2, 0.25) is 11.6 Å². The summed E-state index contributed by atoms with van der Waals surface area (Å²) in [6, 6.07) is 3.63. The second-order valence-corrected chi connectivity index (χ2v) is 5.46. The Balaban J connectivity index is 1.85. The Morgan fingerprint density at radius 2 is 2.35 bits per heavy atom. The topological polar surface area (TPSA) is 73.2 Å². The Labute approximate surface area is 119 Å². The fourth-order valence-corrected chi connectivity index (χ4v) is 2.59. The van der Waals surface area contributed by atoms with E-state index in [0.717, 1.165) is 11.0 Å². The average Bonchev–Trinajstić information content (AvgIpc) is 2.88. The minimum Gasteiger partial charge on any atom is -0.348 e. The molecule has 2 heterocycles. The van der Waals surface area contributed by atoms with E-state index < -0.39 is 11.6 Å². The van der Waals surface area contributed by atoms with Gasteiger partial charge in [-0.15, -0.1) is 11.3 Å². The lowest BCUT2D eigenvalue weighted by Crippen LogP contribution is -2.67. The van der Waals surface area contributed by atoms with E-state index in [4.69, 9.17) is 5.26 Å². The summed E-state index contributed by atoms with van der Waals surface area (Å²) < 4.78 is 14.1. The SMILES string of the molecule is C=CC(=O)N1CC(F)(C(=O)NCc2cc(C#N)cs2)C1. The molecule has 2 amide bonds.